The fourth-order valence-electron chi connectivity index (χ4n) is 4.36. The first-order valence-electron chi connectivity index (χ1n) is 12.2. The Labute approximate surface area is 212 Å². The van der Waals surface area contributed by atoms with Gasteiger partial charge in [0.05, 0.1) is 0 Å². The van der Waals surface area contributed by atoms with Gasteiger partial charge < -0.3 is 19.6 Å². The van der Waals surface area contributed by atoms with Gasteiger partial charge in [0.15, 0.2) is 5.22 Å². The highest BCUT2D eigenvalue weighted by atomic mass is 35.5. The quantitative estimate of drug-likeness (QED) is 0.167. The van der Waals surface area contributed by atoms with Crippen LogP contribution in [0.3, 0.4) is 0 Å². The molecule has 1 aromatic heterocycles. The molecule has 5 heteroatoms. The van der Waals surface area contributed by atoms with Crippen LogP contribution in [0.25, 0.3) is 22.1 Å². The van der Waals surface area contributed by atoms with Crippen LogP contribution in [0.2, 0.25) is 5.22 Å². The van der Waals surface area contributed by atoms with E-state index in [1.807, 2.05) is 36.4 Å². The van der Waals surface area contributed by atoms with Gasteiger partial charge in [0, 0.05) is 18.0 Å². The Kier molecular flexibility index (Phi) is 8.51. The van der Waals surface area contributed by atoms with E-state index in [0.29, 0.717) is 11.8 Å². The molecule has 0 atom stereocenters. The number of nitrogens with one attached hydrogen (secondary N) is 1. The van der Waals surface area contributed by atoms with Crippen LogP contribution in [0, 0.1) is 0 Å². The van der Waals surface area contributed by atoms with E-state index in [4.69, 9.17) is 20.8 Å². The number of fused-ring (bicyclic) bond motifs is 1. The number of likely N-dealkylation sites (N-methyl/N-ethyl adjacent to an activating group) is 1. The number of rotatable bonds is 11. The van der Waals surface area contributed by atoms with Crippen LogP contribution in [0.15, 0.2) is 77.2 Å². The fraction of sp³-hybridized carbons (Fsp3) is 0.267. The van der Waals surface area contributed by atoms with Crippen molar-refractivity contribution in [3.05, 3.63) is 94.7 Å². The summed E-state index contributed by atoms with van der Waals surface area (Å²) in [5.41, 5.74) is 6.93. The minimum Gasteiger partial charge on any atom is -0.508 e. The van der Waals surface area contributed by atoms with Crippen molar-refractivity contribution in [3.63, 3.8) is 0 Å². The van der Waals surface area contributed by atoms with Gasteiger partial charge in [0.1, 0.15) is 23.7 Å². The molecule has 1 heterocycles. The van der Waals surface area contributed by atoms with Crippen LogP contribution >= 0.6 is 11.6 Å². The molecule has 0 amide bonds. The molecule has 35 heavy (non-hydrogen) atoms. The maximum Gasteiger partial charge on any atom is 0.194 e. The van der Waals surface area contributed by atoms with Crippen LogP contribution in [-0.4, -0.2) is 24.8 Å². The minimum atomic E-state index is 0.288. The lowest BCUT2D eigenvalue weighted by molar-refractivity contribution is 0.315. The van der Waals surface area contributed by atoms with E-state index >= 15 is 0 Å². The largest absolute Gasteiger partial charge is 0.508 e. The highest BCUT2D eigenvalue weighted by Crippen LogP contribution is 2.35. The third-order valence-electron chi connectivity index (χ3n) is 6.15. The number of allylic oxidation sites excluding steroid dienone is 2. The number of ether oxygens (including phenoxy) is 1. The number of hydrogen-bond donors (Lipinski definition) is 2. The van der Waals surface area contributed by atoms with Gasteiger partial charge in [-0.05, 0) is 102 Å². The summed E-state index contributed by atoms with van der Waals surface area (Å²) in [5, 5.41) is 14.3. The first-order valence-corrected chi connectivity index (χ1v) is 12.6. The molecule has 4 aromatic rings. The first-order chi connectivity index (χ1) is 17.1. The normalized spacial score (nSPS) is 12.1. The summed E-state index contributed by atoms with van der Waals surface area (Å²) >= 11 is 6.09. The van der Waals surface area contributed by atoms with Crippen molar-refractivity contribution < 1.29 is 14.3 Å². The molecule has 0 saturated carbocycles. The lowest BCUT2D eigenvalue weighted by Crippen LogP contribution is -2.20. The molecule has 0 saturated heterocycles. The van der Waals surface area contributed by atoms with Crippen molar-refractivity contribution in [2.45, 2.75) is 33.1 Å². The van der Waals surface area contributed by atoms with E-state index in [0.717, 1.165) is 49.1 Å². The average Bonchev–Trinajstić information content (AvgIpc) is 3.25. The number of aryl methyl sites for hydroxylation is 1. The predicted octanol–water partition coefficient (Wildman–Crippen LogP) is 7.73. The number of phenolic OH excluding ortho intramolecular Hbond substituents is 1. The summed E-state index contributed by atoms with van der Waals surface area (Å²) in [6.07, 6.45) is 2.64. The van der Waals surface area contributed by atoms with Crippen molar-refractivity contribution in [2.24, 2.45) is 0 Å². The topological polar surface area (TPSA) is 54.6 Å². The first kappa shape index (κ1) is 24.9. The maximum absolute atomic E-state index is 9.65. The van der Waals surface area contributed by atoms with E-state index < -0.39 is 0 Å². The maximum atomic E-state index is 9.65. The van der Waals surface area contributed by atoms with Gasteiger partial charge in [-0.25, -0.2) is 0 Å². The van der Waals surface area contributed by atoms with Crippen LogP contribution in [0.4, 0.5) is 0 Å². The third-order valence-corrected chi connectivity index (χ3v) is 6.34. The lowest BCUT2D eigenvalue weighted by Gasteiger charge is -2.17. The highest BCUT2D eigenvalue weighted by Gasteiger charge is 2.13. The van der Waals surface area contributed by atoms with Gasteiger partial charge in [-0.1, -0.05) is 44.2 Å². The zero-order valence-electron chi connectivity index (χ0n) is 20.3. The van der Waals surface area contributed by atoms with Crippen molar-refractivity contribution >= 4 is 33.7 Å². The molecule has 0 unspecified atom stereocenters. The van der Waals surface area contributed by atoms with Crippen LogP contribution in [0.1, 0.15) is 43.4 Å². The highest BCUT2D eigenvalue weighted by molar-refractivity contribution is 6.29. The molecule has 3 aromatic carbocycles. The van der Waals surface area contributed by atoms with Crippen LogP contribution in [-0.2, 0) is 6.42 Å². The molecule has 4 rings (SSSR count). The summed E-state index contributed by atoms with van der Waals surface area (Å²) in [5.74, 6) is 1.16. The van der Waals surface area contributed by atoms with E-state index in [1.165, 1.54) is 27.8 Å². The van der Waals surface area contributed by atoms with E-state index in [1.54, 1.807) is 12.1 Å². The van der Waals surface area contributed by atoms with Gasteiger partial charge in [0.25, 0.3) is 0 Å². The van der Waals surface area contributed by atoms with Crippen molar-refractivity contribution in [1.29, 1.82) is 0 Å². The molecule has 0 radical (unpaired) electrons. The lowest BCUT2D eigenvalue weighted by atomic mass is 9.88. The molecular formula is C30H32ClNO3. The smallest absolute Gasteiger partial charge is 0.194 e. The standard InChI is InChI=1S/C30H32ClNO3/c1-3-27(23-10-16-29-24(19-23)20-30(31)35-29)28(15-7-21-5-11-25(33)12-6-21)22-8-13-26(14-9-22)34-18-17-32-4-2/h5-6,8-14,16,19-20,32-33H,3-4,7,15,17-18H2,1-2H3. The van der Waals surface area contributed by atoms with Gasteiger partial charge >= 0.3 is 0 Å². The molecule has 4 nitrogen and oxygen atoms in total. The predicted molar refractivity (Wildman–Crippen MR) is 145 cm³/mol. The molecule has 2 N–H and O–H groups in total. The summed E-state index contributed by atoms with van der Waals surface area (Å²) < 4.78 is 11.4. The zero-order chi connectivity index (χ0) is 24.6. The monoisotopic (exact) mass is 489 g/mol. The van der Waals surface area contributed by atoms with Crippen molar-refractivity contribution in [3.8, 4) is 11.5 Å². The van der Waals surface area contributed by atoms with E-state index in [-0.39, 0.29) is 5.75 Å². The Balaban J connectivity index is 1.67. The average molecular weight is 490 g/mol. The Hall–Kier alpha value is -3.21. The minimum absolute atomic E-state index is 0.288. The van der Waals surface area contributed by atoms with Crippen molar-refractivity contribution in [2.75, 3.05) is 19.7 Å². The van der Waals surface area contributed by atoms with Gasteiger partial charge in [0.2, 0.25) is 0 Å². The molecule has 0 bridgehead atoms. The third kappa shape index (κ3) is 6.47. The number of halogens is 1. The second kappa shape index (κ2) is 12.0. The number of phenols is 1. The van der Waals surface area contributed by atoms with E-state index in [9.17, 15) is 5.11 Å². The molecule has 0 spiro atoms. The number of benzene rings is 3. The van der Waals surface area contributed by atoms with E-state index in [2.05, 4.69) is 43.4 Å². The Morgan fingerprint density at radius 2 is 1.66 bits per heavy atom. The SMILES string of the molecule is CCNCCOc1ccc(C(CCc2ccc(O)cc2)=C(CC)c2ccc3oc(Cl)cc3c2)cc1. The zero-order valence-corrected chi connectivity index (χ0v) is 21.1. The summed E-state index contributed by atoms with van der Waals surface area (Å²) in [7, 11) is 0. The molecule has 0 aliphatic heterocycles. The summed E-state index contributed by atoms with van der Waals surface area (Å²) in [4.78, 5) is 0. The Morgan fingerprint density at radius 3 is 2.37 bits per heavy atom. The molecule has 182 valence electrons. The summed E-state index contributed by atoms with van der Waals surface area (Å²) in [6, 6.07) is 24.0. The fourth-order valence-corrected chi connectivity index (χ4v) is 4.56. The molecule has 0 aliphatic rings. The molecule has 0 fully saturated rings. The second-order valence-electron chi connectivity index (χ2n) is 8.51. The van der Waals surface area contributed by atoms with Crippen LogP contribution in [0.5, 0.6) is 11.5 Å². The second-order valence-corrected chi connectivity index (χ2v) is 8.88. The van der Waals surface area contributed by atoms with Gasteiger partial charge in [-0.15, -0.1) is 0 Å². The van der Waals surface area contributed by atoms with Crippen LogP contribution < -0.4 is 10.1 Å². The number of furan rings is 1. The van der Waals surface area contributed by atoms with Gasteiger partial charge in [-0.3, -0.25) is 0 Å². The molecular weight excluding hydrogens is 458 g/mol. The number of hydrogen-bond acceptors (Lipinski definition) is 4. The Morgan fingerprint density at radius 1 is 0.914 bits per heavy atom. The molecule has 0 aliphatic carbocycles. The number of aromatic hydroxyl groups is 1. The summed E-state index contributed by atoms with van der Waals surface area (Å²) in [6.45, 7) is 6.69. The van der Waals surface area contributed by atoms with Crippen molar-refractivity contribution in [1.82, 2.24) is 5.32 Å². The Bertz CT molecular complexity index is 1270. The van der Waals surface area contributed by atoms with Gasteiger partial charge in [-0.2, -0.15) is 0 Å².